The molecule has 1 heterocycles. The van der Waals surface area contributed by atoms with Gasteiger partial charge in [0.2, 0.25) is 0 Å². The minimum Gasteiger partial charge on any atom is -0.371 e. The molecule has 2 nitrogen and oxygen atoms in total. The predicted molar refractivity (Wildman–Crippen MR) is 68.1 cm³/mol. The number of epoxide rings is 1. The summed E-state index contributed by atoms with van der Waals surface area (Å²) in [7, 11) is 2.17. The summed E-state index contributed by atoms with van der Waals surface area (Å²) < 4.78 is 11.1. The smallest absolute Gasteiger partial charge is 0.140 e. The van der Waals surface area contributed by atoms with Crippen molar-refractivity contribution < 1.29 is 9.47 Å². The average Bonchev–Trinajstić information content (AvgIpc) is 3.08. The van der Waals surface area contributed by atoms with E-state index in [0.717, 1.165) is 19.6 Å². The lowest BCUT2D eigenvalue weighted by molar-refractivity contribution is 0.0400. The van der Waals surface area contributed by atoms with E-state index in [1.165, 1.54) is 16.6 Å². The molecule has 1 aromatic carbocycles. The molecule has 1 fully saturated rings. The molecule has 0 N–H and O–H groups in total. The van der Waals surface area contributed by atoms with Gasteiger partial charge in [-0.25, -0.2) is 0 Å². The Morgan fingerprint density at radius 3 is 2.94 bits per heavy atom. The van der Waals surface area contributed by atoms with Crippen LogP contribution in [0.15, 0.2) is 18.2 Å². The Morgan fingerprint density at radius 2 is 2.31 bits per heavy atom. The van der Waals surface area contributed by atoms with Gasteiger partial charge in [-0.05, 0) is 18.9 Å². The van der Waals surface area contributed by atoms with Crippen LogP contribution in [0.1, 0.15) is 30.6 Å². The molecule has 2 rings (SSSR count). The topological polar surface area (TPSA) is 21.8 Å². The van der Waals surface area contributed by atoms with Crippen LogP contribution in [0.5, 0.6) is 0 Å². The fourth-order valence-electron chi connectivity index (χ4n) is 1.94. The Morgan fingerprint density at radius 1 is 1.56 bits per heavy atom. The van der Waals surface area contributed by atoms with E-state index < -0.39 is 0 Å². The number of benzene rings is 1. The van der Waals surface area contributed by atoms with E-state index in [0.29, 0.717) is 6.10 Å². The van der Waals surface area contributed by atoms with Crippen LogP contribution in [0.3, 0.4) is 0 Å². The summed E-state index contributed by atoms with van der Waals surface area (Å²) in [5.74, 6) is 0. The van der Waals surface area contributed by atoms with Crippen LogP contribution in [0.2, 0.25) is 0 Å². The number of hydrogen-bond donors (Lipinski definition) is 0. The van der Waals surface area contributed by atoms with Crippen LogP contribution >= 0.6 is 0 Å². The third kappa shape index (κ3) is 2.66. The van der Waals surface area contributed by atoms with Gasteiger partial charge < -0.3 is 9.47 Å². The summed E-state index contributed by atoms with van der Waals surface area (Å²) in [5.41, 5.74) is 4.01. The van der Waals surface area contributed by atoms with Crippen molar-refractivity contribution >= 4 is 13.3 Å². The molecule has 2 atom stereocenters. The van der Waals surface area contributed by atoms with Gasteiger partial charge in [0.25, 0.3) is 0 Å². The summed E-state index contributed by atoms with van der Waals surface area (Å²) in [6, 6.07) is 6.43. The molecule has 1 saturated heterocycles. The minimum atomic E-state index is 0.212. The summed E-state index contributed by atoms with van der Waals surface area (Å²) >= 11 is 0. The van der Waals surface area contributed by atoms with Gasteiger partial charge in [0.05, 0.1) is 19.3 Å². The monoisotopic (exact) mass is 218 g/mol. The molecule has 0 unspecified atom stereocenters. The Kier molecular flexibility index (Phi) is 3.67. The van der Waals surface area contributed by atoms with Crippen LogP contribution in [0, 0.1) is 6.92 Å². The van der Waals surface area contributed by atoms with Crippen LogP contribution in [-0.2, 0) is 9.47 Å². The van der Waals surface area contributed by atoms with Crippen LogP contribution in [-0.4, -0.2) is 27.2 Å². The first kappa shape index (κ1) is 11.7. The number of ether oxygens (including phenoxy) is 2. The molecular formula is C13H19BO2. The fourth-order valence-corrected chi connectivity index (χ4v) is 1.94. The van der Waals surface area contributed by atoms with Crippen LogP contribution in [0.4, 0.5) is 0 Å². The second-order valence-electron chi connectivity index (χ2n) is 4.47. The van der Waals surface area contributed by atoms with E-state index in [4.69, 9.17) is 9.47 Å². The van der Waals surface area contributed by atoms with E-state index in [1.54, 1.807) is 0 Å². The first-order valence-corrected chi connectivity index (χ1v) is 6.01. The molecule has 0 radical (unpaired) electrons. The predicted octanol–water partition coefficient (Wildman–Crippen LogP) is 1.12. The number of hydrogen-bond acceptors (Lipinski definition) is 2. The summed E-state index contributed by atoms with van der Waals surface area (Å²) in [5, 5.41) is 0. The fraction of sp³-hybridized carbons (Fsp3) is 0.538. The molecule has 0 bridgehead atoms. The lowest BCUT2D eigenvalue weighted by Crippen LogP contribution is -2.20. The van der Waals surface area contributed by atoms with Gasteiger partial charge >= 0.3 is 0 Å². The van der Waals surface area contributed by atoms with E-state index in [9.17, 15) is 0 Å². The van der Waals surface area contributed by atoms with Gasteiger partial charge in [-0.15, -0.1) is 0 Å². The Bertz CT molecular complexity index is 361. The van der Waals surface area contributed by atoms with E-state index in [1.807, 2.05) is 0 Å². The van der Waals surface area contributed by atoms with Gasteiger partial charge in [-0.1, -0.05) is 36.1 Å². The maximum absolute atomic E-state index is 5.91. The molecule has 0 saturated carbocycles. The molecule has 0 aromatic heterocycles. The van der Waals surface area contributed by atoms with E-state index >= 15 is 0 Å². The largest absolute Gasteiger partial charge is 0.371 e. The van der Waals surface area contributed by atoms with Gasteiger partial charge in [0, 0.05) is 0 Å². The number of rotatable bonds is 5. The first-order valence-electron chi connectivity index (χ1n) is 6.01. The lowest BCUT2D eigenvalue weighted by Gasteiger charge is -2.19. The molecule has 0 amide bonds. The lowest BCUT2D eigenvalue weighted by atomic mass is 9.84. The highest BCUT2D eigenvalue weighted by molar-refractivity contribution is 6.34. The van der Waals surface area contributed by atoms with Crippen LogP contribution < -0.4 is 5.46 Å². The second kappa shape index (κ2) is 5.02. The SMILES string of the molecule is Bc1c(C)cccc1[C@@H](CC)OC[C@H]1CO1. The highest BCUT2D eigenvalue weighted by atomic mass is 16.6. The summed E-state index contributed by atoms with van der Waals surface area (Å²) in [6.45, 7) is 5.91. The molecule has 0 aliphatic carbocycles. The average molecular weight is 218 g/mol. The van der Waals surface area contributed by atoms with Crippen LogP contribution in [0.25, 0.3) is 0 Å². The molecular weight excluding hydrogens is 199 g/mol. The second-order valence-corrected chi connectivity index (χ2v) is 4.47. The van der Waals surface area contributed by atoms with Gasteiger partial charge in [0.15, 0.2) is 0 Å². The molecule has 1 aliphatic heterocycles. The van der Waals surface area contributed by atoms with Crippen molar-refractivity contribution in [3.8, 4) is 0 Å². The highest BCUT2D eigenvalue weighted by Crippen LogP contribution is 2.22. The van der Waals surface area contributed by atoms with Gasteiger partial charge in [-0.3, -0.25) is 0 Å². The highest BCUT2D eigenvalue weighted by Gasteiger charge is 2.24. The Labute approximate surface area is 98.4 Å². The third-order valence-electron chi connectivity index (χ3n) is 3.25. The van der Waals surface area contributed by atoms with Crippen molar-refractivity contribution in [1.29, 1.82) is 0 Å². The third-order valence-corrected chi connectivity index (χ3v) is 3.25. The first-order chi connectivity index (χ1) is 7.72. The maximum atomic E-state index is 5.91. The quantitative estimate of drug-likeness (QED) is 0.545. The molecule has 1 aliphatic rings. The van der Waals surface area contributed by atoms with Crippen molar-refractivity contribution in [3.05, 3.63) is 29.3 Å². The van der Waals surface area contributed by atoms with Crippen molar-refractivity contribution in [3.63, 3.8) is 0 Å². The van der Waals surface area contributed by atoms with Crippen molar-refractivity contribution in [2.24, 2.45) is 0 Å². The minimum absolute atomic E-state index is 0.212. The van der Waals surface area contributed by atoms with Crippen molar-refractivity contribution in [2.45, 2.75) is 32.5 Å². The summed E-state index contributed by atoms with van der Waals surface area (Å²) in [6.07, 6.45) is 1.57. The summed E-state index contributed by atoms with van der Waals surface area (Å²) in [4.78, 5) is 0. The molecule has 3 heteroatoms. The van der Waals surface area contributed by atoms with Gasteiger partial charge in [-0.2, -0.15) is 0 Å². The normalized spacial score (nSPS) is 20.8. The maximum Gasteiger partial charge on any atom is 0.140 e. The molecule has 1 aromatic rings. The molecule has 0 spiro atoms. The molecule has 16 heavy (non-hydrogen) atoms. The number of aryl methyl sites for hydroxylation is 1. The van der Waals surface area contributed by atoms with E-state index in [-0.39, 0.29) is 6.10 Å². The standard InChI is InChI=1S/C13H19BO2/c1-3-12(16-8-10-7-15-10)11-6-4-5-9(2)13(11)14/h4-6,10,12H,3,7-8,14H2,1-2H3/t10-,12-/m1/s1. The van der Waals surface area contributed by atoms with Crippen molar-refractivity contribution in [2.75, 3.05) is 13.2 Å². The van der Waals surface area contributed by atoms with E-state index in [2.05, 4.69) is 39.9 Å². The zero-order chi connectivity index (χ0) is 11.5. The Balaban J connectivity index is 2.08. The zero-order valence-electron chi connectivity index (χ0n) is 10.3. The van der Waals surface area contributed by atoms with Gasteiger partial charge in [0.1, 0.15) is 14.0 Å². The Hall–Kier alpha value is -0.795. The molecule has 86 valence electrons. The zero-order valence-corrected chi connectivity index (χ0v) is 10.3. The van der Waals surface area contributed by atoms with Crippen molar-refractivity contribution in [1.82, 2.24) is 0 Å².